The van der Waals surface area contributed by atoms with Crippen LogP contribution in [-0.2, 0) is 0 Å². The minimum absolute atomic E-state index is 0.662. The zero-order chi connectivity index (χ0) is 17.4. The predicted molar refractivity (Wildman–Crippen MR) is 94.3 cm³/mol. The first-order valence-corrected chi connectivity index (χ1v) is 7.22. The van der Waals surface area contributed by atoms with E-state index in [0.29, 0.717) is 11.5 Å². The second kappa shape index (κ2) is 8.57. The fourth-order valence-electron chi connectivity index (χ4n) is 2.04. The summed E-state index contributed by atoms with van der Waals surface area (Å²) in [6.07, 6.45) is 3.23. The van der Waals surface area contributed by atoms with Crippen LogP contribution in [-0.4, -0.2) is 40.9 Å². The van der Waals surface area contributed by atoms with Crippen molar-refractivity contribution in [1.29, 1.82) is 0 Å². The Bertz CT molecular complexity index is 678. The van der Waals surface area contributed by atoms with Gasteiger partial charge in [-0.1, -0.05) is 0 Å². The van der Waals surface area contributed by atoms with E-state index >= 15 is 0 Å². The Morgan fingerprint density at radius 2 is 1.04 bits per heavy atom. The molecule has 0 aliphatic heterocycles. The van der Waals surface area contributed by atoms with Gasteiger partial charge in [0.2, 0.25) is 0 Å². The molecule has 0 aliphatic rings. The van der Waals surface area contributed by atoms with E-state index in [1.165, 1.54) is 0 Å². The van der Waals surface area contributed by atoms with E-state index in [2.05, 4.69) is 10.2 Å². The van der Waals surface area contributed by atoms with Crippen LogP contribution in [0.5, 0.6) is 23.0 Å². The third-order valence-electron chi connectivity index (χ3n) is 3.34. The molecule has 0 bridgehead atoms. The SMILES string of the molecule is COc1ccc(/C=N\N=C/c2ccc(OC)cc2OC)c(OC)c1. The highest BCUT2D eigenvalue weighted by molar-refractivity contribution is 5.86. The summed E-state index contributed by atoms with van der Waals surface area (Å²) in [7, 11) is 6.40. The van der Waals surface area contributed by atoms with E-state index in [9.17, 15) is 0 Å². The normalized spacial score (nSPS) is 11.0. The fraction of sp³-hybridized carbons (Fsp3) is 0.222. The van der Waals surface area contributed by atoms with Gasteiger partial charge in [-0.05, 0) is 24.3 Å². The van der Waals surface area contributed by atoms with Crippen molar-refractivity contribution in [2.75, 3.05) is 28.4 Å². The van der Waals surface area contributed by atoms with Gasteiger partial charge < -0.3 is 18.9 Å². The first kappa shape index (κ1) is 17.3. The average molecular weight is 328 g/mol. The van der Waals surface area contributed by atoms with Gasteiger partial charge in [-0.2, -0.15) is 10.2 Å². The van der Waals surface area contributed by atoms with Crippen LogP contribution in [0.15, 0.2) is 46.6 Å². The molecule has 0 radical (unpaired) electrons. The molecule has 126 valence electrons. The van der Waals surface area contributed by atoms with E-state index in [4.69, 9.17) is 18.9 Å². The minimum atomic E-state index is 0.662. The summed E-state index contributed by atoms with van der Waals surface area (Å²) in [5.41, 5.74) is 1.61. The summed E-state index contributed by atoms with van der Waals surface area (Å²) in [6.45, 7) is 0. The lowest BCUT2D eigenvalue weighted by molar-refractivity contribution is 0.393. The Kier molecular flexibility index (Phi) is 6.19. The Morgan fingerprint density at radius 3 is 1.38 bits per heavy atom. The number of nitrogens with zero attached hydrogens (tertiary/aromatic N) is 2. The second-order valence-electron chi connectivity index (χ2n) is 4.70. The quantitative estimate of drug-likeness (QED) is 0.578. The van der Waals surface area contributed by atoms with Crippen LogP contribution in [0.4, 0.5) is 0 Å². The molecule has 0 saturated carbocycles. The maximum absolute atomic E-state index is 5.31. The summed E-state index contributed by atoms with van der Waals surface area (Å²) >= 11 is 0. The van der Waals surface area contributed by atoms with E-state index in [0.717, 1.165) is 22.6 Å². The molecule has 0 saturated heterocycles. The number of ether oxygens (including phenoxy) is 4. The summed E-state index contributed by atoms with van der Waals surface area (Å²) in [5.74, 6) is 2.76. The largest absolute Gasteiger partial charge is 0.497 e. The Hall–Kier alpha value is -3.02. The molecule has 2 aromatic carbocycles. The maximum atomic E-state index is 5.31. The molecule has 0 aromatic heterocycles. The molecule has 0 spiro atoms. The fourth-order valence-corrected chi connectivity index (χ4v) is 2.04. The summed E-state index contributed by atoms with van der Waals surface area (Å²) in [4.78, 5) is 0. The first-order chi connectivity index (χ1) is 11.7. The molecular formula is C18H20N2O4. The smallest absolute Gasteiger partial charge is 0.131 e. The first-order valence-electron chi connectivity index (χ1n) is 7.22. The van der Waals surface area contributed by atoms with E-state index in [1.807, 2.05) is 24.3 Å². The van der Waals surface area contributed by atoms with Gasteiger partial charge >= 0.3 is 0 Å². The minimum Gasteiger partial charge on any atom is -0.497 e. The van der Waals surface area contributed by atoms with Gasteiger partial charge in [-0.3, -0.25) is 0 Å². The third kappa shape index (κ3) is 4.25. The molecule has 0 amide bonds. The molecule has 0 N–H and O–H groups in total. The molecule has 0 fully saturated rings. The van der Waals surface area contributed by atoms with Crippen molar-refractivity contribution in [3.63, 3.8) is 0 Å². The zero-order valence-electron chi connectivity index (χ0n) is 14.1. The summed E-state index contributed by atoms with van der Waals surface area (Å²) < 4.78 is 20.9. The monoisotopic (exact) mass is 328 g/mol. The van der Waals surface area contributed by atoms with Gasteiger partial charge in [0.05, 0.1) is 40.9 Å². The highest BCUT2D eigenvalue weighted by Gasteiger charge is 2.03. The Morgan fingerprint density at radius 1 is 0.625 bits per heavy atom. The van der Waals surface area contributed by atoms with E-state index < -0.39 is 0 Å². The summed E-state index contributed by atoms with van der Waals surface area (Å²) in [6, 6.07) is 10.9. The Labute approximate surface area is 141 Å². The topological polar surface area (TPSA) is 61.6 Å². The van der Waals surface area contributed by atoms with Crippen LogP contribution in [0.1, 0.15) is 11.1 Å². The van der Waals surface area contributed by atoms with Crippen molar-refractivity contribution in [2.45, 2.75) is 0 Å². The molecule has 2 aromatic rings. The van der Waals surface area contributed by atoms with Crippen molar-refractivity contribution in [3.05, 3.63) is 47.5 Å². The van der Waals surface area contributed by atoms with E-state index in [1.54, 1.807) is 53.0 Å². The predicted octanol–water partition coefficient (Wildman–Crippen LogP) is 3.17. The maximum Gasteiger partial charge on any atom is 0.131 e. The van der Waals surface area contributed by atoms with Crippen LogP contribution in [0.2, 0.25) is 0 Å². The van der Waals surface area contributed by atoms with E-state index in [-0.39, 0.29) is 0 Å². The lowest BCUT2D eigenvalue weighted by Crippen LogP contribution is -1.93. The molecule has 0 atom stereocenters. The number of hydrogen-bond donors (Lipinski definition) is 0. The van der Waals surface area contributed by atoms with Gasteiger partial charge in [-0.25, -0.2) is 0 Å². The molecule has 0 aliphatic carbocycles. The molecule has 6 heteroatoms. The van der Waals surface area contributed by atoms with Gasteiger partial charge in [0.15, 0.2) is 0 Å². The van der Waals surface area contributed by atoms with Crippen LogP contribution < -0.4 is 18.9 Å². The number of benzene rings is 2. The summed E-state index contributed by atoms with van der Waals surface area (Å²) in [5, 5.41) is 8.11. The highest BCUT2D eigenvalue weighted by Crippen LogP contribution is 2.24. The molecular weight excluding hydrogens is 308 g/mol. The van der Waals surface area contributed by atoms with Crippen LogP contribution >= 0.6 is 0 Å². The highest BCUT2D eigenvalue weighted by atomic mass is 16.5. The molecule has 2 rings (SSSR count). The van der Waals surface area contributed by atoms with Crippen LogP contribution in [0.3, 0.4) is 0 Å². The number of rotatable bonds is 7. The number of hydrogen-bond acceptors (Lipinski definition) is 6. The van der Waals surface area contributed by atoms with Gasteiger partial charge in [-0.15, -0.1) is 0 Å². The second-order valence-corrected chi connectivity index (χ2v) is 4.70. The standard InChI is InChI=1S/C18H20N2O4/c1-21-15-7-5-13(17(9-15)23-3)11-19-20-12-14-6-8-16(22-2)10-18(14)24-4/h5-12H,1-4H3/b19-11-,20-12-. The van der Waals surface area contributed by atoms with Gasteiger partial charge in [0.1, 0.15) is 23.0 Å². The molecule has 0 unspecified atom stereocenters. The lowest BCUT2D eigenvalue weighted by Gasteiger charge is -2.06. The van der Waals surface area contributed by atoms with Crippen LogP contribution in [0, 0.1) is 0 Å². The van der Waals surface area contributed by atoms with Crippen molar-refractivity contribution >= 4 is 12.4 Å². The molecule has 6 nitrogen and oxygen atoms in total. The van der Waals surface area contributed by atoms with Gasteiger partial charge in [0, 0.05) is 23.3 Å². The molecule has 0 heterocycles. The molecule has 24 heavy (non-hydrogen) atoms. The van der Waals surface area contributed by atoms with Crippen LogP contribution in [0.25, 0.3) is 0 Å². The zero-order valence-corrected chi connectivity index (χ0v) is 14.1. The van der Waals surface area contributed by atoms with Crippen molar-refractivity contribution < 1.29 is 18.9 Å². The van der Waals surface area contributed by atoms with Crippen molar-refractivity contribution in [1.82, 2.24) is 0 Å². The average Bonchev–Trinajstić information content (AvgIpc) is 2.65. The third-order valence-corrected chi connectivity index (χ3v) is 3.34. The van der Waals surface area contributed by atoms with Gasteiger partial charge in [0.25, 0.3) is 0 Å². The lowest BCUT2D eigenvalue weighted by atomic mass is 10.2. The van der Waals surface area contributed by atoms with Crippen molar-refractivity contribution in [3.8, 4) is 23.0 Å². The number of methoxy groups -OCH3 is 4. The Balaban J connectivity index is 2.15. The van der Waals surface area contributed by atoms with Crippen molar-refractivity contribution in [2.24, 2.45) is 10.2 Å².